The van der Waals surface area contributed by atoms with E-state index in [1.807, 2.05) is 30.3 Å². The van der Waals surface area contributed by atoms with Crippen molar-refractivity contribution in [2.45, 2.75) is 24.9 Å². The van der Waals surface area contributed by atoms with Crippen LogP contribution < -0.4 is 0 Å². The number of pyridine rings is 1. The first-order chi connectivity index (χ1) is 14.4. The smallest absolute Gasteiger partial charge is 0.339 e. The summed E-state index contributed by atoms with van der Waals surface area (Å²) in [5.41, 5.74) is 2.31. The van der Waals surface area contributed by atoms with Gasteiger partial charge in [0, 0.05) is 48.7 Å². The van der Waals surface area contributed by atoms with Crippen molar-refractivity contribution >= 4 is 5.91 Å². The van der Waals surface area contributed by atoms with Gasteiger partial charge in [-0.2, -0.15) is 13.2 Å². The van der Waals surface area contributed by atoms with E-state index in [-0.39, 0.29) is 11.8 Å². The minimum Gasteiger partial charge on any atom is -0.339 e. The molecular formula is C22H19F3N4O. The molecule has 3 aromatic rings. The number of alkyl halides is 3. The van der Waals surface area contributed by atoms with Crippen LogP contribution in [-0.4, -0.2) is 38.8 Å². The topological polar surface area (TPSA) is 59.0 Å². The fraction of sp³-hybridized carbons (Fsp3) is 0.273. The fourth-order valence-electron chi connectivity index (χ4n) is 3.72. The van der Waals surface area contributed by atoms with E-state index in [0.717, 1.165) is 5.56 Å². The van der Waals surface area contributed by atoms with E-state index < -0.39 is 12.0 Å². The molecule has 1 saturated heterocycles. The van der Waals surface area contributed by atoms with E-state index in [1.165, 1.54) is 6.20 Å². The lowest BCUT2D eigenvalue weighted by atomic mass is 9.88. The number of piperidine rings is 1. The van der Waals surface area contributed by atoms with Crippen LogP contribution in [0.15, 0.2) is 61.1 Å². The normalized spacial score (nSPS) is 15.2. The molecule has 0 bridgehead atoms. The highest BCUT2D eigenvalue weighted by atomic mass is 19.4. The third-order valence-electron chi connectivity index (χ3n) is 5.25. The van der Waals surface area contributed by atoms with Crippen LogP contribution in [0, 0.1) is 0 Å². The zero-order valence-electron chi connectivity index (χ0n) is 16.0. The van der Waals surface area contributed by atoms with Crippen LogP contribution in [0.25, 0.3) is 11.1 Å². The maximum absolute atomic E-state index is 13.2. The molecule has 0 saturated carbocycles. The van der Waals surface area contributed by atoms with Crippen LogP contribution in [-0.2, 0) is 6.18 Å². The number of benzene rings is 1. The molecule has 0 spiro atoms. The van der Waals surface area contributed by atoms with Gasteiger partial charge in [-0.3, -0.25) is 9.78 Å². The average molecular weight is 412 g/mol. The van der Waals surface area contributed by atoms with Gasteiger partial charge in [-0.05, 0) is 30.5 Å². The van der Waals surface area contributed by atoms with Crippen molar-refractivity contribution in [3.05, 3.63) is 78.1 Å². The molecule has 5 nitrogen and oxygen atoms in total. The Kier molecular flexibility index (Phi) is 5.48. The van der Waals surface area contributed by atoms with Crippen LogP contribution in [0.4, 0.5) is 13.2 Å². The van der Waals surface area contributed by atoms with E-state index in [2.05, 4.69) is 15.0 Å². The minimum absolute atomic E-state index is 0.0993. The molecule has 0 aliphatic carbocycles. The molecule has 0 N–H and O–H groups in total. The van der Waals surface area contributed by atoms with Crippen LogP contribution in [0.5, 0.6) is 0 Å². The first-order valence-corrected chi connectivity index (χ1v) is 9.62. The molecule has 0 unspecified atom stereocenters. The summed E-state index contributed by atoms with van der Waals surface area (Å²) in [6.45, 7) is 0.900. The molecule has 1 aliphatic rings. The lowest BCUT2D eigenvalue weighted by Crippen LogP contribution is -2.38. The lowest BCUT2D eigenvalue weighted by molar-refractivity contribution is -0.145. The number of carbonyl (C=O) groups is 1. The standard InChI is InChI=1S/C22H19F3N4O/c23-22(24,25)21-27-14-18(15-4-2-1-3-5-15)19(28-21)16-8-12-29(13-9-16)20(30)17-6-10-26-11-7-17/h1-7,10-11,14,16H,8-9,12-13H2. The van der Waals surface area contributed by atoms with Crippen LogP contribution >= 0.6 is 0 Å². The number of carbonyl (C=O) groups excluding carboxylic acids is 1. The number of halogens is 3. The first-order valence-electron chi connectivity index (χ1n) is 9.62. The molecule has 1 fully saturated rings. The Bertz CT molecular complexity index is 1020. The highest BCUT2D eigenvalue weighted by molar-refractivity contribution is 5.94. The van der Waals surface area contributed by atoms with Crippen LogP contribution in [0.3, 0.4) is 0 Å². The van der Waals surface area contributed by atoms with Gasteiger partial charge in [-0.15, -0.1) is 0 Å². The van der Waals surface area contributed by atoms with E-state index in [9.17, 15) is 18.0 Å². The van der Waals surface area contributed by atoms with Gasteiger partial charge in [0.25, 0.3) is 5.91 Å². The Hall–Kier alpha value is -3.29. The summed E-state index contributed by atoms with van der Waals surface area (Å²) in [5.74, 6) is -1.42. The van der Waals surface area contributed by atoms with Gasteiger partial charge in [0.2, 0.25) is 5.82 Å². The minimum atomic E-state index is -4.61. The zero-order chi connectivity index (χ0) is 21.1. The highest BCUT2D eigenvalue weighted by Gasteiger charge is 2.36. The monoisotopic (exact) mass is 412 g/mol. The van der Waals surface area contributed by atoms with Crippen molar-refractivity contribution in [3.63, 3.8) is 0 Å². The van der Waals surface area contributed by atoms with Gasteiger partial charge in [0.1, 0.15) is 0 Å². The van der Waals surface area contributed by atoms with Gasteiger partial charge >= 0.3 is 6.18 Å². The third kappa shape index (κ3) is 4.17. The second-order valence-electron chi connectivity index (χ2n) is 7.16. The van der Waals surface area contributed by atoms with E-state index >= 15 is 0 Å². The van der Waals surface area contributed by atoms with Crippen LogP contribution in [0.2, 0.25) is 0 Å². The summed E-state index contributed by atoms with van der Waals surface area (Å²) in [5, 5.41) is 0. The number of rotatable bonds is 3. The maximum atomic E-state index is 13.2. The number of amides is 1. The van der Waals surface area contributed by atoms with Crippen molar-refractivity contribution in [2.75, 3.05) is 13.1 Å². The van der Waals surface area contributed by atoms with E-state index in [0.29, 0.717) is 42.8 Å². The van der Waals surface area contributed by atoms with Crippen molar-refractivity contribution in [1.82, 2.24) is 19.9 Å². The summed E-state index contributed by atoms with van der Waals surface area (Å²) in [6.07, 6.45) is 0.838. The van der Waals surface area contributed by atoms with Gasteiger partial charge < -0.3 is 4.90 Å². The fourth-order valence-corrected chi connectivity index (χ4v) is 3.72. The molecule has 2 aromatic heterocycles. The van der Waals surface area contributed by atoms with E-state index in [1.54, 1.807) is 29.4 Å². The number of likely N-dealkylation sites (tertiary alicyclic amines) is 1. The number of nitrogens with zero attached hydrogens (tertiary/aromatic N) is 4. The second-order valence-corrected chi connectivity index (χ2v) is 7.16. The molecular weight excluding hydrogens is 393 g/mol. The highest BCUT2D eigenvalue weighted by Crippen LogP contribution is 2.36. The molecule has 1 amide bonds. The Balaban J connectivity index is 1.60. The van der Waals surface area contributed by atoms with Crippen LogP contribution in [0.1, 0.15) is 40.6 Å². The Morgan fingerprint density at radius 3 is 2.30 bits per heavy atom. The zero-order valence-corrected chi connectivity index (χ0v) is 16.0. The molecule has 154 valence electrons. The molecule has 30 heavy (non-hydrogen) atoms. The number of aromatic nitrogens is 3. The van der Waals surface area contributed by atoms with Crippen molar-refractivity contribution in [3.8, 4) is 11.1 Å². The molecule has 1 aromatic carbocycles. The average Bonchev–Trinajstić information content (AvgIpc) is 2.79. The third-order valence-corrected chi connectivity index (χ3v) is 5.25. The number of hydrogen-bond acceptors (Lipinski definition) is 4. The second kappa shape index (κ2) is 8.22. The number of hydrogen-bond donors (Lipinski definition) is 0. The lowest BCUT2D eigenvalue weighted by Gasteiger charge is -2.32. The van der Waals surface area contributed by atoms with Crippen molar-refractivity contribution < 1.29 is 18.0 Å². The Morgan fingerprint density at radius 2 is 1.67 bits per heavy atom. The Labute approximate surface area is 171 Å². The van der Waals surface area contributed by atoms with Gasteiger partial charge in [-0.25, -0.2) is 9.97 Å². The SMILES string of the molecule is O=C(c1ccncc1)N1CCC(c2nc(C(F)(F)F)ncc2-c2ccccc2)CC1. The first kappa shape index (κ1) is 20.0. The Morgan fingerprint density at radius 1 is 1.00 bits per heavy atom. The largest absolute Gasteiger partial charge is 0.451 e. The predicted octanol–water partition coefficient (Wildman–Crippen LogP) is 4.58. The molecule has 0 atom stereocenters. The summed E-state index contributed by atoms with van der Waals surface area (Å²) in [7, 11) is 0. The quantitative estimate of drug-likeness (QED) is 0.632. The van der Waals surface area contributed by atoms with Crippen molar-refractivity contribution in [2.24, 2.45) is 0 Å². The molecule has 3 heterocycles. The summed E-state index contributed by atoms with van der Waals surface area (Å²) >= 11 is 0. The van der Waals surface area contributed by atoms with Crippen molar-refractivity contribution in [1.29, 1.82) is 0 Å². The maximum Gasteiger partial charge on any atom is 0.451 e. The molecule has 0 radical (unpaired) electrons. The van der Waals surface area contributed by atoms with E-state index in [4.69, 9.17) is 0 Å². The molecule has 8 heteroatoms. The van der Waals surface area contributed by atoms with Gasteiger partial charge in [0.05, 0.1) is 5.69 Å². The molecule has 1 aliphatic heterocycles. The molecule has 4 rings (SSSR count). The predicted molar refractivity (Wildman–Crippen MR) is 105 cm³/mol. The van der Waals surface area contributed by atoms with Gasteiger partial charge in [0.15, 0.2) is 0 Å². The van der Waals surface area contributed by atoms with Gasteiger partial charge in [-0.1, -0.05) is 30.3 Å². The summed E-state index contributed by atoms with van der Waals surface area (Å²) in [6, 6.07) is 12.5. The summed E-state index contributed by atoms with van der Waals surface area (Å²) < 4.78 is 39.7. The summed E-state index contributed by atoms with van der Waals surface area (Å²) in [4.78, 5) is 25.8.